The minimum atomic E-state index is 0.369. The van der Waals surface area contributed by atoms with Gasteiger partial charge in [-0.15, -0.1) is 0 Å². The Hall–Kier alpha value is -0.970. The molecule has 100 valence electrons. The van der Waals surface area contributed by atoms with Crippen LogP contribution in [-0.2, 0) is 11.3 Å². The second-order valence-electron chi connectivity index (χ2n) is 4.95. The molecule has 0 aliphatic carbocycles. The monoisotopic (exact) mass is 249 g/mol. The van der Waals surface area contributed by atoms with Crippen LogP contribution < -0.4 is 5.32 Å². The van der Waals surface area contributed by atoms with Crippen molar-refractivity contribution in [2.45, 2.75) is 32.0 Å². The standard InChI is InChI=1S/C14H23N3O/c1-12-14(5-9-18-12)17(2)8-7-16-11-13-4-3-6-15-10-13/h3-4,6,10,12,14,16H,5,7-9,11H2,1-2H3. The summed E-state index contributed by atoms with van der Waals surface area (Å²) in [4.78, 5) is 6.50. The number of hydrogen-bond acceptors (Lipinski definition) is 4. The van der Waals surface area contributed by atoms with Crippen LogP contribution in [0.4, 0.5) is 0 Å². The van der Waals surface area contributed by atoms with E-state index in [4.69, 9.17) is 4.74 Å². The summed E-state index contributed by atoms with van der Waals surface area (Å²) in [6.45, 7) is 6.00. The molecule has 1 saturated heterocycles. The van der Waals surface area contributed by atoms with Crippen molar-refractivity contribution in [1.29, 1.82) is 0 Å². The highest BCUT2D eigenvalue weighted by molar-refractivity contribution is 5.07. The van der Waals surface area contributed by atoms with Crippen LogP contribution in [0.15, 0.2) is 24.5 Å². The normalized spacial score (nSPS) is 23.7. The van der Waals surface area contributed by atoms with Gasteiger partial charge >= 0.3 is 0 Å². The fraction of sp³-hybridized carbons (Fsp3) is 0.643. The molecule has 0 amide bonds. The van der Waals surface area contributed by atoms with Gasteiger partial charge in [-0.25, -0.2) is 0 Å². The van der Waals surface area contributed by atoms with E-state index in [2.05, 4.69) is 35.2 Å². The molecule has 0 saturated carbocycles. The molecule has 0 spiro atoms. The molecule has 1 fully saturated rings. The van der Waals surface area contributed by atoms with E-state index in [1.807, 2.05) is 12.3 Å². The second kappa shape index (κ2) is 6.83. The molecule has 1 aliphatic rings. The van der Waals surface area contributed by atoms with Crippen molar-refractivity contribution in [3.8, 4) is 0 Å². The lowest BCUT2D eigenvalue weighted by Crippen LogP contribution is -2.40. The molecule has 0 aromatic carbocycles. The molecule has 4 heteroatoms. The van der Waals surface area contributed by atoms with Crippen LogP contribution in [0.2, 0.25) is 0 Å². The third-order valence-corrected chi connectivity index (χ3v) is 3.60. The van der Waals surface area contributed by atoms with Crippen molar-refractivity contribution in [3.05, 3.63) is 30.1 Å². The van der Waals surface area contributed by atoms with E-state index in [1.54, 1.807) is 6.20 Å². The summed E-state index contributed by atoms with van der Waals surface area (Å²) >= 11 is 0. The first kappa shape index (κ1) is 13.5. The van der Waals surface area contributed by atoms with Gasteiger partial charge in [-0.3, -0.25) is 9.88 Å². The van der Waals surface area contributed by atoms with Gasteiger partial charge in [0.2, 0.25) is 0 Å². The number of likely N-dealkylation sites (N-methyl/N-ethyl adjacent to an activating group) is 1. The Morgan fingerprint density at radius 1 is 1.56 bits per heavy atom. The maximum atomic E-state index is 5.59. The number of aromatic nitrogens is 1. The fourth-order valence-corrected chi connectivity index (χ4v) is 2.46. The molecule has 0 bridgehead atoms. The van der Waals surface area contributed by atoms with Crippen molar-refractivity contribution in [2.75, 3.05) is 26.7 Å². The number of ether oxygens (including phenoxy) is 1. The largest absolute Gasteiger partial charge is 0.377 e. The van der Waals surface area contributed by atoms with Crippen LogP contribution in [0.5, 0.6) is 0 Å². The zero-order chi connectivity index (χ0) is 12.8. The highest BCUT2D eigenvalue weighted by atomic mass is 16.5. The van der Waals surface area contributed by atoms with E-state index < -0.39 is 0 Å². The molecule has 2 atom stereocenters. The molecular weight excluding hydrogens is 226 g/mol. The molecule has 1 aliphatic heterocycles. The molecule has 1 N–H and O–H groups in total. The van der Waals surface area contributed by atoms with Crippen molar-refractivity contribution in [2.24, 2.45) is 0 Å². The third-order valence-electron chi connectivity index (χ3n) is 3.60. The highest BCUT2D eigenvalue weighted by Crippen LogP contribution is 2.17. The molecular formula is C14H23N3O. The summed E-state index contributed by atoms with van der Waals surface area (Å²) in [5.41, 5.74) is 1.23. The van der Waals surface area contributed by atoms with Gasteiger partial charge in [0.05, 0.1) is 6.10 Å². The molecule has 4 nitrogen and oxygen atoms in total. The highest BCUT2D eigenvalue weighted by Gasteiger charge is 2.27. The summed E-state index contributed by atoms with van der Waals surface area (Å²) in [5, 5.41) is 3.45. The van der Waals surface area contributed by atoms with Gasteiger partial charge in [-0.1, -0.05) is 6.07 Å². The van der Waals surface area contributed by atoms with Gasteiger partial charge < -0.3 is 10.1 Å². The Balaban J connectivity index is 1.63. The summed E-state index contributed by atoms with van der Waals surface area (Å²) in [5.74, 6) is 0. The SMILES string of the molecule is CC1OCCC1N(C)CCNCc1cccnc1. The summed E-state index contributed by atoms with van der Waals surface area (Å²) < 4.78 is 5.59. The summed E-state index contributed by atoms with van der Waals surface area (Å²) in [6.07, 6.45) is 5.23. The predicted octanol–water partition coefficient (Wildman–Crippen LogP) is 1.28. The first-order chi connectivity index (χ1) is 8.77. The first-order valence-electron chi connectivity index (χ1n) is 6.69. The van der Waals surface area contributed by atoms with Crippen molar-refractivity contribution >= 4 is 0 Å². The minimum absolute atomic E-state index is 0.369. The molecule has 1 aromatic rings. The van der Waals surface area contributed by atoms with Crippen molar-refractivity contribution in [1.82, 2.24) is 15.2 Å². The lowest BCUT2D eigenvalue weighted by Gasteiger charge is -2.26. The molecule has 18 heavy (non-hydrogen) atoms. The Labute approximate surface area is 109 Å². The van der Waals surface area contributed by atoms with Crippen LogP contribution in [0, 0.1) is 0 Å². The average molecular weight is 249 g/mol. The molecule has 0 radical (unpaired) electrons. The Morgan fingerprint density at radius 2 is 2.44 bits per heavy atom. The van der Waals surface area contributed by atoms with E-state index in [1.165, 1.54) is 5.56 Å². The van der Waals surface area contributed by atoms with Crippen LogP contribution in [0.3, 0.4) is 0 Å². The van der Waals surface area contributed by atoms with Gasteiger partial charge in [-0.2, -0.15) is 0 Å². The number of nitrogens with one attached hydrogen (secondary N) is 1. The van der Waals surface area contributed by atoms with Crippen LogP contribution in [-0.4, -0.2) is 48.8 Å². The van der Waals surface area contributed by atoms with Gasteiger partial charge in [0.15, 0.2) is 0 Å². The zero-order valence-corrected chi connectivity index (χ0v) is 11.3. The van der Waals surface area contributed by atoms with Crippen molar-refractivity contribution < 1.29 is 4.74 Å². The van der Waals surface area contributed by atoms with E-state index in [9.17, 15) is 0 Å². The second-order valence-corrected chi connectivity index (χ2v) is 4.95. The minimum Gasteiger partial charge on any atom is -0.377 e. The fourth-order valence-electron chi connectivity index (χ4n) is 2.46. The lowest BCUT2D eigenvalue weighted by atomic mass is 10.1. The quantitative estimate of drug-likeness (QED) is 0.771. The van der Waals surface area contributed by atoms with Crippen molar-refractivity contribution in [3.63, 3.8) is 0 Å². The van der Waals surface area contributed by atoms with Gasteiger partial charge in [-0.05, 0) is 32.0 Å². The van der Waals surface area contributed by atoms with Crippen LogP contribution >= 0.6 is 0 Å². The number of pyridine rings is 1. The van der Waals surface area contributed by atoms with E-state index in [0.29, 0.717) is 12.1 Å². The van der Waals surface area contributed by atoms with Crippen LogP contribution in [0.25, 0.3) is 0 Å². The summed E-state index contributed by atoms with van der Waals surface area (Å²) in [7, 11) is 2.18. The van der Waals surface area contributed by atoms with E-state index >= 15 is 0 Å². The van der Waals surface area contributed by atoms with Crippen LogP contribution in [0.1, 0.15) is 18.9 Å². The third kappa shape index (κ3) is 3.77. The van der Waals surface area contributed by atoms with E-state index in [-0.39, 0.29) is 0 Å². The number of hydrogen-bond donors (Lipinski definition) is 1. The number of rotatable bonds is 6. The summed E-state index contributed by atoms with van der Waals surface area (Å²) in [6, 6.07) is 4.64. The molecule has 1 aromatic heterocycles. The predicted molar refractivity (Wildman–Crippen MR) is 72.4 cm³/mol. The Morgan fingerprint density at radius 3 is 3.11 bits per heavy atom. The Bertz CT molecular complexity index is 344. The lowest BCUT2D eigenvalue weighted by molar-refractivity contribution is 0.0840. The maximum Gasteiger partial charge on any atom is 0.0702 e. The topological polar surface area (TPSA) is 37.4 Å². The van der Waals surface area contributed by atoms with Gasteiger partial charge in [0.25, 0.3) is 0 Å². The number of nitrogens with zero attached hydrogens (tertiary/aromatic N) is 2. The zero-order valence-electron chi connectivity index (χ0n) is 11.3. The van der Waals surface area contributed by atoms with Gasteiger partial charge in [0.1, 0.15) is 0 Å². The first-order valence-corrected chi connectivity index (χ1v) is 6.69. The molecule has 2 rings (SSSR count). The van der Waals surface area contributed by atoms with E-state index in [0.717, 1.165) is 32.7 Å². The molecule has 2 heterocycles. The smallest absolute Gasteiger partial charge is 0.0702 e. The Kier molecular flexibility index (Phi) is 5.11. The average Bonchev–Trinajstić information content (AvgIpc) is 2.82. The molecule has 2 unspecified atom stereocenters. The maximum absolute atomic E-state index is 5.59. The van der Waals surface area contributed by atoms with Gasteiger partial charge in [0, 0.05) is 44.7 Å².